The van der Waals surface area contributed by atoms with Crippen LogP contribution >= 0.6 is 0 Å². The molecule has 1 aromatic carbocycles. The van der Waals surface area contributed by atoms with Crippen LogP contribution in [0.3, 0.4) is 0 Å². The summed E-state index contributed by atoms with van der Waals surface area (Å²) < 4.78 is 32.8. The average molecular weight is 272 g/mol. The Morgan fingerprint density at radius 1 is 1.11 bits per heavy atom. The van der Waals surface area contributed by atoms with Gasteiger partial charge in [-0.2, -0.15) is 0 Å². The molecule has 102 valence electrons. The van der Waals surface area contributed by atoms with Gasteiger partial charge in [0.1, 0.15) is 21.3 Å². The first-order valence-electron chi connectivity index (χ1n) is 5.94. The van der Waals surface area contributed by atoms with E-state index in [1.807, 2.05) is 38.1 Å². The molecule has 0 aliphatic carbocycles. The van der Waals surface area contributed by atoms with Crippen LogP contribution in [0.1, 0.15) is 20.3 Å². The van der Waals surface area contributed by atoms with Crippen LogP contribution in [0.5, 0.6) is 11.5 Å². The lowest BCUT2D eigenvalue weighted by Crippen LogP contribution is -2.08. The van der Waals surface area contributed by atoms with E-state index in [9.17, 15) is 8.42 Å². The third-order valence-electron chi connectivity index (χ3n) is 2.12. The van der Waals surface area contributed by atoms with Crippen LogP contribution in [0.15, 0.2) is 24.3 Å². The highest BCUT2D eigenvalue weighted by atomic mass is 32.2. The average Bonchev–Trinajstić information content (AvgIpc) is 2.24. The summed E-state index contributed by atoms with van der Waals surface area (Å²) in [5.74, 6) is 1.68. The summed E-state index contributed by atoms with van der Waals surface area (Å²) in [6, 6.07) is 7.31. The van der Waals surface area contributed by atoms with Gasteiger partial charge in [-0.05, 0) is 44.5 Å². The van der Waals surface area contributed by atoms with Crippen LogP contribution in [-0.4, -0.2) is 33.1 Å². The molecule has 5 heteroatoms. The molecular weight excluding hydrogens is 252 g/mol. The quantitative estimate of drug-likeness (QED) is 0.715. The lowest BCUT2D eigenvalue weighted by molar-refractivity contribution is 0.241. The van der Waals surface area contributed by atoms with Gasteiger partial charge in [0.05, 0.1) is 18.5 Å². The predicted molar refractivity (Wildman–Crippen MR) is 72.0 cm³/mol. The molecular formula is C13H20O4S. The molecule has 0 heterocycles. The first kappa shape index (κ1) is 14.8. The molecule has 1 aromatic rings. The summed E-state index contributed by atoms with van der Waals surface area (Å²) in [6.45, 7) is 4.34. The molecule has 0 bridgehead atoms. The van der Waals surface area contributed by atoms with Gasteiger partial charge in [-0.1, -0.05) is 0 Å². The minimum absolute atomic E-state index is 0.145. The van der Waals surface area contributed by atoms with Crippen LogP contribution in [0, 0.1) is 0 Å². The fourth-order valence-electron chi connectivity index (χ4n) is 1.40. The maximum atomic E-state index is 10.9. The van der Waals surface area contributed by atoms with Crippen molar-refractivity contribution in [3.8, 4) is 11.5 Å². The highest BCUT2D eigenvalue weighted by molar-refractivity contribution is 7.90. The van der Waals surface area contributed by atoms with E-state index in [4.69, 9.17) is 9.47 Å². The zero-order chi connectivity index (χ0) is 13.6. The van der Waals surface area contributed by atoms with Crippen molar-refractivity contribution in [1.29, 1.82) is 0 Å². The Morgan fingerprint density at radius 3 is 2.17 bits per heavy atom. The number of hydrogen-bond donors (Lipinski definition) is 0. The van der Waals surface area contributed by atoms with Crippen molar-refractivity contribution >= 4 is 9.84 Å². The van der Waals surface area contributed by atoms with Gasteiger partial charge in [-0.25, -0.2) is 8.42 Å². The lowest BCUT2D eigenvalue weighted by atomic mass is 10.3. The zero-order valence-corrected chi connectivity index (χ0v) is 11.9. The normalized spacial score (nSPS) is 11.6. The van der Waals surface area contributed by atoms with Gasteiger partial charge >= 0.3 is 0 Å². The highest BCUT2D eigenvalue weighted by Gasteiger charge is 2.02. The highest BCUT2D eigenvalue weighted by Crippen LogP contribution is 2.18. The van der Waals surface area contributed by atoms with E-state index in [1.54, 1.807) is 0 Å². The Morgan fingerprint density at radius 2 is 1.67 bits per heavy atom. The maximum Gasteiger partial charge on any atom is 0.147 e. The Hall–Kier alpha value is -1.23. The molecule has 0 saturated heterocycles. The fourth-order valence-corrected chi connectivity index (χ4v) is 2.04. The molecule has 0 fully saturated rings. The minimum Gasteiger partial charge on any atom is -0.494 e. The number of rotatable bonds is 7. The molecule has 0 aliphatic heterocycles. The van der Waals surface area contributed by atoms with E-state index in [0.29, 0.717) is 13.0 Å². The largest absolute Gasteiger partial charge is 0.494 e. The Balaban J connectivity index is 2.35. The van der Waals surface area contributed by atoms with Gasteiger partial charge in [0.25, 0.3) is 0 Å². The molecule has 0 unspecified atom stereocenters. The van der Waals surface area contributed by atoms with E-state index in [0.717, 1.165) is 11.5 Å². The second-order valence-corrected chi connectivity index (χ2v) is 6.73. The zero-order valence-electron chi connectivity index (χ0n) is 11.0. The molecule has 4 nitrogen and oxygen atoms in total. The Kier molecular flexibility index (Phi) is 5.47. The summed E-state index contributed by atoms with van der Waals surface area (Å²) in [6.07, 6.45) is 1.88. The third kappa shape index (κ3) is 6.49. The van der Waals surface area contributed by atoms with Crippen LogP contribution < -0.4 is 9.47 Å². The molecule has 0 spiro atoms. The van der Waals surface area contributed by atoms with Gasteiger partial charge < -0.3 is 9.47 Å². The first-order valence-corrected chi connectivity index (χ1v) is 8.00. The number of ether oxygens (including phenoxy) is 2. The maximum absolute atomic E-state index is 10.9. The van der Waals surface area contributed by atoms with Crippen LogP contribution in [0.4, 0.5) is 0 Å². The molecule has 0 saturated carbocycles. The standard InChI is InChI=1S/C13H20O4S/c1-11(2)17-13-7-5-12(6-8-13)16-9-4-10-18(3,14)15/h5-8,11H,4,9-10H2,1-3H3. The van der Waals surface area contributed by atoms with Crippen molar-refractivity contribution in [2.75, 3.05) is 18.6 Å². The van der Waals surface area contributed by atoms with E-state index in [1.165, 1.54) is 6.26 Å². The molecule has 0 amide bonds. The first-order chi connectivity index (χ1) is 8.37. The topological polar surface area (TPSA) is 52.6 Å². The molecule has 18 heavy (non-hydrogen) atoms. The van der Waals surface area contributed by atoms with Crippen molar-refractivity contribution in [2.24, 2.45) is 0 Å². The van der Waals surface area contributed by atoms with Gasteiger partial charge in [0.2, 0.25) is 0 Å². The van der Waals surface area contributed by atoms with E-state index < -0.39 is 9.84 Å². The van der Waals surface area contributed by atoms with E-state index in [2.05, 4.69) is 0 Å². The second kappa shape index (κ2) is 6.64. The number of hydrogen-bond acceptors (Lipinski definition) is 4. The van der Waals surface area contributed by atoms with Gasteiger partial charge in [0.15, 0.2) is 0 Å². The fraction of sp³-hybridized carbons (Fsp3) is 0.538. The van der Waals surface area contributed by atoms with Gasteiger partial charge in [-0.15, -0.1) is 0 Å². The molecule has 0 atom stereocenters. The Labute approximate surface area is 109 Å². The third-order valence-corrected chi connectivity index (χ3v) is 3.15. The molecule has 0 aromatic heterocycles. The van der Waals surface area contributed by atoms with Crippen LogP contribution in [-0.2, 0) is 9.84 Å². The smallest absolute Gasteiger partial charge is 0.147 e. The molecule has 0 N–H and O–H groups in total. The molecule has 1 rings (SSSR count). The van der Waals surface area contributed by atoms with Crippen molar-refractivity contribution < 1.29 is 17.9 Å². The SMILES string of the molecule is CC(C)Oc1ccc(OCCCS(C)(=O)=O)cc1. The number of sulfone groups is 1. The van der Waals surface area contributed by atoms with Crippen molar-refractivity contribution in [3.63, 3.8) is 0 Å². The summed E-state index contributed by atoms with van der Waals surface area (Å²) in [7, 11) is -2.90. The molecule has 0 radical (unpaired) electrons. The second-order valence-electron chi connectivity index (χ2n) is 4.47. The summed E-state index contributed by atoms with van der Waals surface area (Å²) in [5, 5.41) is 0. The monoisotopic (exact) mass is 272 g/mol. The summed E-state index contributed by atoms with van der Waals surface area (Å²) in [4.78, 5) is 0. The van der Waals surface area contributed by atoms with Crippen molar-refractivity contribution in [1.82, 2.24) is 0 Å². The van der Waals surface area contributed by atoms with E-state index in [-0.39, 0.29) is 11.9 Å². The summed E-state index contributed by atoms with van der Waals surface area (Å²) in [5.41, 5.74) is 0. The van der Waals surface area contributed by atoms with Gasteiger partial charge in [0, 0.05) is 6.26 Å². The minimum atomic E-state index is -2.90. The Bertz CT molecular complexity index is 448. The van der Waals surface area contributed by atoms with Gasteiger partial charge in [-0.3, -0.25) is 0 Å². The number of benzene rings is 1. The predicted octanol–water partition coefficient (Wildman–Crippen LogP) is 2.29. The van der Waals surface area contributed by atoms with Crippen molar-refractivity contribution in [3.05, 3.63) is 24.3 Å². The summed E-state index contributed by atoms with van der Waals surface area (Å²) >= 11 is 0. The van der Waals surface area contributed by atoms with Crippen LogP contribution in [0.2, 0.25) is 0 Å². The van der Waals surface area contributed by atoms with Crippen LogP contribution in [0.25, 0.3) is 0 Å². The lowest BCUT2D eigenvalue weighted by Gasteiger charge is -2.10. The molecule has 0 aliphatic rings. The van der Waals surface area contributed by atoms with E-state index >= 15 is 0 Å². The van der Waals surface area contributed by atoms with Crippen molar-refractivity contribution in [2.45, 2.75) is 26.4 Å².